The molecule has 0 saturated carbocycles. The molecule has 0 saturated heterocycles. The zero-order valence-corrected chi connectivity index (χ0v) is 16.3. The van der Waals surface area contributed by atoms with Crippen LogP contribution in [0.4, 0.5) is 5.69 Å². The lowest BCUT2D eigenvalue weighted by molar-refractivity contribution is -0.160. The fourth-order valence-corrected chi connectivity index (χ4v) is 2.82. The van der Waals surface area contributed by atoms with E-state index in [4.69, 9.17) is 14.6 Å². The minimum absolute atomic E-state index is 0.141. The van der Waals surface area contributed by atoms with Crippen molar-refractivity contribution in [3.63, 3.8) is 0 Å². The van der Waals surface area contributed by atoms with Crippen LogP contribution in [-0.2, 0) is 24.3 Å². The van der Waals surface area contributed by atoms with Crippen molar-refractivity contribution in [1.82, 2.24) is 0 Å². The average Bonchev–Trinajstić information content (AvgIpc) is 2.66. The highest BCUT2D eigenvalue weighted by Crippen LogP contribution is 2.16. The summed E-state index contributed by atoms with van der Waals surface area (Å²) in [7, 11) is -3.90. The van der Waals surface area contributed by atoms with E-state index >= 15 is 0 Å². The molecule has 9 heteroatoms. The van der Waals surface area contributed by atoms with Gasteiger partial charge in [-0.25, -0.2) is 18.4 Å². The maximum Gasteiger partial charge on any atom is 0.348 e. The number of esters is 1. The van der Waals surface area contributed by atoms with Gasteiger partial charge in [0.25, 0.3) is 5.91 Å². The molecule has 0 bridgehead atoms. The molecule has 150 valence electrons. The molecular weight excluding hydrogens is 384 g/mol. The normalized spacial score (nSPS) is 13.2. The number of sulfonamides is 1. The summed E-state index contributed by atoms with van der Waals surface area (Å²) in [5, 5.41) is 7.56. The van der Waals surface area contributed by atoms with E-state index in [1.54, 1.807) is 31.2 Å². The molecule has 3 N–H and O–H groups in total. The van der Waals surface area contributed by atoms with E-state index in [0.29, 0.717) is 12.2 Å². The van der Waals surface area contributed by atoms with Crippen LogP contribution >= 0.6 is 0 Å². The number of amides is 1. The van der Waals surface area contributed by atoms with Crippen molar-refractivity contribution in [1.29, 1.82) is 0 Å². The maximum atomic E-state index is 12.3. The molecule has 0 aliphatic carbocycles. The largest absolute Gasteiger partial charge is 0.479 e. The summed E-state index contributed by atoms with van der Waals surface area (Å²) in [4.78, 5) is 24.4. The number of nitrogens with one attached hydrogen (secondary N) is 1. The lowest BCUT2D eigenvalue weighted by Gasteiger charge is -2.19. The van der Waals surface area contributed by atoms with E-state index in [9.17, 15) is 18.0 Å². The van der Waals surface area contributed by atoms with Crippen molar-refractivity contribution in [2.45, 2.75) is 37.4 Å². The molecule has 0 aliphatic rings. The second-order valence-electron chi connectivity index (χ2n) is 5.97. The third kappa shape index (κ3) is 6.07. The number of anilines is 1. The molecule has 0 radical (unpaired) electrons. The van der Waals surface area contributed by atoms with Gasteiger partial charge in [0.05, 0.1) is 4.90 Å². The van der Waals surface area contributed by atoms with Crippen LogP contribution in [0.3, 0.4) is 0 Å². The second kappa shape index (κ2) is 9.34. The Morgan fingerprint density at radius 2 is 1.79 bits per heavy atom. The van der Waals surface area contributed by atoms with Gasteiger partial charge in [0.2, 0.25) is 10.0 Å². The van der Waals surface area contributed by atoms with Gasteiger partial charge in [-0.05, 0) is 43.7 Å². The molecular formula is C19H22N2O6S. The predicted molar refractivity (Wildman–Crippen MR) is 103 cm³/mol. The van der Waals surface area contributed by atoms with Crippen molar-refractivity contribution in [2.24, 2.45) is 5.14 Å². The van der Waals surface area contributed by atoms with E-state index in [-0.39, 0.29) is 10.6 Å². The molecule has 0 heterocycles. The van der Waals surface area contributed by atoms with Crippen molar-refractivity contribution >= 4 is 27.6 Å². The van der Waals surface area contributed by atoms with Crippen molar-refractivity contribution in [3.8, 4) is 5.75 Å². The summed E-state index contributed by atoms with van der Waals surface area (Å²) in [6.45, 7) is 3.17. The number of hydrogen-bond donors (Lipinski definition) is 2. The van der Waals surface area contributed by atoms with Crippen LogP contribution < -0.4 is 15.2 Å². The molecule has 2 rings (SSSR count). The first kappa shape index (κ1) is 21.4. The standard InChI is InChI=1S/C19H22N2O6S/c1-3-17(27-15-9-5-4-6-10-15)19(23)26-13(2)18(22)21-14-8-7-11-16(12-14)28(20,24)25/h4-13,17H,3H2,1-2H3,(H,21,22)(H2,20,24,25)/t13-,17-/m1/s1. The summed E-state index contributed by atoms with van der Waals surface area (Å²) in [5.74, 6) is -0.773. The van der Waals surface area contributed by atoms with E-state index in [1.165, 1.54) is 31.2 Å². The van der Waals surface area contributed by atoms with Crippen LogP contribution in [-0.4, -0.2) is 32.5 Å². The number of hydrogen-bond acceptors (Lipinski definition) is 6. The third-order valence-electron chi connectivity index (χ3n) is 3.75. The Labute approximate surface area is 163 Å². The fraction of sp³-hybridized carbons (Fsp3) is 0.263. The van der Waals surface area contributed by atoms with Gasteiger partial charge in [-0.2, -0.15) is 0 Å². The number of carbonyl (C=O) groups excluding carboxylic acids is 2. The van der Waals surface area contributed by atoms with E-state index in [0.717, 1.165) is 0 Å². The molecule has 0 aliphatic heterocycles. The zero-order chi connectivity index (χ0) is 20.7. The van der Waals surface area contributed by atoms with Crippen molar-refractivity contribution in [3.05, 3.63) is 54.6 Å². The molecule has 28 heavy (non-hydrogen) atoms. The number of primary sulfonamides is 1. The molecule has 2 atom stereocenters. The quantitative estimate of drug-likeness (QED) is 0.647. The average molecular weight is 406 g/mol. The summed E-state index contributed by atoms with van der Waals surface area (Å²) < 4.78 is 33.6. The smallest absolute Gasteiger partial charge is 0.348 e. The number of ether oxygens (including phenoxy) is 2. The Bertz CT molecular complexity index is 930. The Morgan fingerprint density at radius 3 is 2.39 bits per heavy atom. The number of carbonyl (C=O) groups is 2. The monoisotopic (exact) mass is 406 g/mol. The van der Waals surface area contributed by atoms with Gasteiger partial charge in [-0.15, -0.1) is 0 Å². The second-order valence-corrected chi connectivity index (χ2v) is 7.53. The highest BCUT2D eigenvalue weighted by atomic mass is 32.2. The van der Waals surface area contributed by atoms with Crippen LogP contribution in [0, 0.1) is 0 Å². The van der Waals surface area contributed by atoms with Crippen molar-refractivity contribution in [2.75, 3.05) is 5.32 Å². The first-order chi connectivity index (χ1) is 13.2. The number of para-hydroxylation sites is 1. The van der Waals surface area contributed by atoms with Gasteiger partial charge < -0.3 is 14.8 Å². The van der Waals surface area contributed by atoms with Gasteiger partial charge in [0.15, 0.2) is 12.2 Å². The lowest BCUT2D eigenvalue weighted by atomic mass is 10.2. The first-order valence-electron chi connectivity index (χ1n) is 8.56. The van der Waals surface area contributed by atoms with Gasteiger partial charge in [-0.1, -0.05) is 31.2 Å². The van der Waals surface area contributed by atoms with Crippen LogP contribution in [0.2, 0.25) is 0 Å². The maximum absolute atomic E-state index is 12.3. The summed E-state index contributed by atoms with van der Waals surface area (Å²) >= 11 is 0. The molecule has 8 nitrogen and oxygen atoms in total. The van der Waals surface area contributed by atoms with E-state index in [2.05, 4.69) is 5.32 Å². The van der Waals surface area contributed by atoms with E-state index in [1.807, 2.05) is 6.07 Å². The molecule has 0 spiro atoms. The fourth-order valence-electron chi connectivity index (χ4n) is 2.26. The van der Waals surface area contributed by atoms with Gasteiger partial charge in [-0.3, -0.25) is 4.79 Å². The van der Waals surface area contributed by atoms with Gasteiger partial charge in [0, 0.05) is 5.69 Å². The number of nitrogens with two attached hydrogens (primary N) is 1. The summed E-state index contributed by atoms with van der Waals surface area (Å²) in [5.41, 5.74) is 0.215. The Morgan fingerprint density at radius 1 is 1.11 bits per heavy atom. The minimum atomic E-state index is -3.90. The minimum Gasteiger partial charge on any atom is -0.479 e. The zero-order valence-electron chi connectivity index (χ0n) is 15.5. The molecule has 0 aromatic heterocycles. The number of rotatable bonds is 8. The molecule has 0 fully saturated rings. The third-order valence-corrected chi connectivity index (χ3v) is 4.66. The lowest BCUT2D eigenvalue weighted by Crippen LogP contribution is -2.36. The Hall–Kier alpha value is -2.91. The molecule has 0 unspecified atom stereocenters. The van der Waals surface area contributed by atoms with Crippen LogP contribution in [0.5, 0.6) is 5.75 Å². The number of benzene rings is 2. The molecule has 1 amide bonds. The van der Waals surface area contributed by atoms with Crippen LogP contribution in [0.1, 0.15) is 20.3 Å². The van der Waals surface area contributed by atoms with Crippen LogP contribution in [0.15, 0.2) is 59.5 Å². The molecule has 2 aromatic rings. The summed E-state index contributed by atoms with van der Waals surface area (Å²) in [6.07, 6.45) is -1.61. The van der Waals surface area contributed by atoms with Crippen molar-refractivity contribution < 1.29 is 27.5 Å². The topological polar surface area (TPSA) is 125 Å². The summed E-state index contributed by atoms with van der Waals surface area (Å²) in [6, 6.07) is 14.3. The van der Waals surface area contributed by atoms with E-state index < -0.39 is 34.1 Å². The Kier molecular flexibility index (Phi) is 7.13. The SMILES string of the molecule is CC[C@@H](Oc1ccccc1)C(=O)O[C@H](C)C(=O)Nc1cccc(S(N)(=O)=O)c1. The molecule has 2 aromatic carbocycles. The highest BCUT2D eigenvalue weighted by molar-refractivity contribution is 7.89. The highest BCUT2D eigenvalue weighted by Gasteiger charge is 2.25. The first-order valence-corrected chi connectivity index (χ1v) is 10.1. The predicted octanol–water partition coefficient (Wildman–Crippen LogP) is 2.06. The van der Waals surface area contributed by atoms with Gasteiger partial charge >= 0.3 is 5.97 Å². The Balaban J connectivity index is 1.98. The van der Waals surface area contributed by atoms with Crippen LogP contribution in [0.25, 0.3) is 0 Å². The van der Waals surface area contributed by atoms with Gasteiger partial charge in [0.1, 0.15) is 5.75 Å².